The van der Waals surface area contributed by atoms with Crippen molar-refractivity contribution in [3.05, 3.63) is 30.3 Å². The van der Waals surface area contributed by atoms with Gasteiger partial charge in [0.05, 0.1) is 17.1 Å². The molecule has 0 aliphatic heterocycles. The fourth-order valence-electron chi connectivity index (χ4n) is 1.60. The molecule has 0 fully saturated rings. The first-order valence-corrected chi connectivity index (χ1v) is 4.96. The van der Waals surface area contributed by atoms with Gasteiger partial charge in [-0.2, -0.15) is 0 Å². The second kappa shape index (κ2) is 3.79. The van der Waals surface area contributed by atoms with Crippen LogP contribution in [0.3, 0.4) is 0 Å². The van der Waals surface area contributed by atoms with Gasteiger partial charge in [-0.15, -0.1) is 0 Å². The van der Waals surface area contributed by atoms with Crippen LogP contribution in [-0.4, -0.2) is 10.2 Å². The standard InChI is InChI=1S/C12H13N3O2/c13-8-5-6(1-3-9(8)16)7-2-4-10(17)12(15)11(7)14/h1-5,16-17H,13-15H2. The summed E-state index contributed by atoms with van der Waals surface area (Å²) in [5.74, 6) is -0.0444. The summed E-state index contributed by atoms with van der Waals surface area (Å²) in [5, 5.41) is 18.7. The summed E-state index contributed by atoms with van der Waals surface area (Å²) in [6.07, 6.45) is 0. The molecule has 2 aromatic rings. The van der Waals surface area contributed by atoms with E-state index < -0.39 is 0 Å². The van der Waals surface area contributed by atoms with Gasteiger partial charge in [-0.05, 0) is 29.8 Å². The lowest BCUT2D eigenvalue weighted by Gasteiger charge is -2.10. The van der Waals surface area contributed by atoms with Gasteiger partial charge in [0, 0.05) is 5.56 Å². The van der Waals surface area contributed by atoms with Crippen molar-refractivity contribution in [3.63, 3.8) is 0 Å². The highest BCUT2D eigenvalue weighted by atomic mass is 16.3. The van der Waals surface area contributed by atoms with Crippen molar-refractivity contribution in [1.82, 2.24) is 0 Å². The molecule has 8 N–H and O–H groups in total. The number of hydrogen-bond acceptors (Lipinski definition) is 5. The Bertz CT molecular complexity index is 582. The molecule has 88 valence electrons. The van der Waals surface area contributed by atoms with Crippen LogP contribution in [0.15, 0.2) is 30.3 Å². The van der Waals surface area contributed by atoms with Crippen LogP contribution in [0, 0.1) is 0 Å². The third-order valence-electron chi connectivity index (χ3n) is 2.60. The van der Waals surface area contributed by atoms with Crippen molar-refractivity contribution in [2.24, 2.45) is 0 Å². The fourth-order valence-corrected chi connectivity index (χ4v) is 1.60. The summed E-state index contributed by atoms with van der Waals surface area (Å²) >= 11 is 0. The van der Waals surface area contributed by atoms with Gasteiger partial charge in [-0.1, -0.05) is 6.07 Å². The lowest BCUT2D eigenvalue weighted by atomic mass is 10.0. The fraction of sp³-hybridized carbons (Fsp3) is 0. The molecule has 2 rings (SSSR count). The number of phenolic OH excluding ortho intramolecular Hbond substituents is 2. The van der Waals surface area contributed by atoms with Crippen LogP contribution in [0.1, 0.15) is 0 Å². The number of nitrogens with two attached hydrogens (primary N) is 3. The third kappa shape index (κ3) is 1.78. The van der Waals surface area contributed by atoms with E-state index in [9.17, 15) is 10.2 Å². The maximum atomic E-state index is 9.40. The van der Waals surface area contributed by atoms with Gasteiger partial charge >= 0.3 is 0 Å². The molecule has 0 amide bonds. The minimum absolute atomic E-state index is 0.0130. The lowest BCUT2D eigenvalue weighted by molar-refractivity contribution is 0.477. The van der Waals surface area contributed by atoms with E-state index in [4.69, 9.17) is 17.2 Å². The molecular weight excluding hydrogens is 218 g/mol. The molecule has 17 heavy (non-hydrogen) atoms. The quantitative estimate of drug-likeness (QED) is 0.376. The Morgan fingerprint density at radius 2 is 1.41 bits per heavy atom. The normalized spacial score (nSPS) is 10.4. The maximum absolute atomic E-state index is 9.40. The molecule has 0 unspecified atom stereocenters. The monoisotopic (exact) mass is 231 g/mol. The summed E-state index contributed by atoms with van der Waals surface area (Å²) in [6, 6.07) is 7.86. The smallest absolute Gasteiger partial charge is 0.140 e. The van der Waals surface area contributed by atoms with Crippen LogP contribution in [0.25, 0.3) is 11.1 Å². The van der Waals surface area contributed by atoms with E-state index in [2.05, 4.69) is 0 Å². The highest BCUT2D eigenvalue weighted by molar-refractivity contribution is 5.88. The highest BCUT2D eigenvalue weighted by Gasteiger charge is 2.10. The van der Waals surface area contributed by atoms with Crippen LogP contribution in [0.5, 0.6) is 11.5 Å². The molecule has 0 aromatic heterocycles. The van der Waals surface area contributed by atoms with Crippen molar-refractivity contribution in [2.75, 3.05) is 17.2 Å². The van der Waals surface area contributed by atoms with Crippen LogP contribution < -0.4 is 17.2 Å². The van der Waals surface area contributed by atoms with Crippen molar-refractivity contribution in [1.29, 1.82) is 0 Å². The first-order valence-electron chi connectivity index (χ1n) is 4.96. The number of hydrogen-bond donors (Lipinski definition) is 5. The minimum atomic E-state index is -0.0574. The summed E-state index contributed by atoms with van der Waals surface area (Å²) in [6.45, 7) is 0. The number of benzene rings is 2. The largest absolute Gasteiger partial charge is 0.506 e. The maximum Gasteiger partial charge on any atom is 0.140 e. The van der Waals surface area contributed by atoms with Gasteiger partial charge < -0.3 is 27.4 Å². The van der Waals surface area contributed by atoms with E-state index in [1.165, 1.54) is 12.1 Å². The van der Waals surface area contributed by atoms with Crippen LogP contribution in [-0.2, 0) is 0 Å². The van der Waals surface area contributed by atoms with Crippen LogP contribution in [0.4, 0.5) is 17.1 Å². The Labute approximate surface area is 98.1 Å². The zero-order chi connectivity index (χ0) is 12.6. The van der Waals surface area contributed by atoms with Gasteiger partial charge in [0.2, 0.25) is 0 Å². The zero-order valence-corrected chi connectivity index (χ0v) is 9.01. The second-order valence-electron chi connectivity index (χ2n) is 3.73. The Kier molecular flexibility index (Phi) is 2.44. The average Bonchev–Trinajstić information content (AvgIpc) is 2.30. The first-order chi connectivity index (χ1) is 8.00. The van der Waals surface area contributed by atoms with Crippen molar-refractivity contribution < 1.29 is 10.2 Å². The molecule has 0 aliphatic rings. The molecule has 0 atom stereocenters. The van der Waals surface area contributed by atoms with Gasteiger partial charge in [-0.3, -0.25) is 0 Å². The van der Waals surface area contributed by atoms with E-state index in [1.807, 2.05) is 0 Å². The minimum Gasteiger partial charge on any atom is -0.506 e. The van der Waals surface area contributed by atoms with Gasteiger partial charge in [-0.25, -0.2) is 0 Å². The predicted octanol–water partition coefficient (Wildman–Crippen LogP) is 1.51. The van der Waals surface area contributed by atoms with Gasteiger partial charge in [0.25, 0.3) is 0 Å². The number of phenols is 2. The van der Waals surface area contributed by atoms with Crippen molar-refractivity contribution in [3.8, 4) is 22.6 Å². The molecule has 5 nitrogen and oxygen atoms in total. The summed E-state index contributed by atoms with van der Waals surface area (Å²) in [4.78, 5) is 0. The van der Waals surface area contributed by atoms with Gasteiger partial charge in [0.1, 0.15) is 11.5 Å². The number of rotatable bonds is 1. The average molecular weight is 231 g/mol. The molecular formula is C12H13N3O2. The van der Waals surface area contributed by atoms with Crippen molar-refractivity contribution in [2.45, 2.75) is 0 Å². The molecule has 0 aliphatic carbocycles. The SMILES string of the molecule is Nc1cc(-c2ccc(O)c(N)c2N)ccc1O. The number of anilines is 3. The highest BCUT2D eigenvalue weighted by Crippen LogP contribution is 2.37. The lowest BCUT2D eigenvalue weighted by Crippen LogP contribution is -1.98. The van der Waals surface area contributed by atoms with E-state index >= 15 is 0 Å². The molecule has 0 heterocycles. The molecule has 0 saturated carbocycles. The molecule has 2 aromatic carbocycles. The van der Waals surface area contributed by atoms with Crippen LogP contribution in [0.2, 0.25) is 0 Å². The zero-order valence-electron chi connectivity index (χ0n) is 9.01. The molecule has 5 heteroatoms. The van der Waals surface area contributed by atoms with E-state index in [1.54, 1.807) is 18.2 Å². The molecule has 0 bridgehead atoms. The number of aromatic hydroxyl groups is 2. The Hall–Kier alpha value is -2.56. The Morgan fingerprint density at radius 3 is 2.06 bits per heavy atom. The molecule has 0 saturated heterocycles. The molecule has 0 spiro atoms. The summed E-state index contributed by atoms with van der Waals surface area (Å²) in [7, 11) is 0. The first kappa shape index (κ1) is 10.9. The number of nitrogen functional groups attached to an aromatic ring is 3. The summed E-state index contributed by atoms with van der Waals surface area (Å²) in [5.41, 5.74) is 19.1. The van der Waals surface area contributed by atoms with E-state index in [0.717, 1.165) is 5.56 Å². The second-order valence-corrected chi connectivity index (χ2v) is 3.73. The van der Waals surface area contributed by atoms with Gasteiger partial charge in [0.15, 0.2) is 0 Å². The topological polar surface area (TPSA) is 119 Å². The Balaban J connectivity index is 2.61. The summed E-state index contributed by atoms with van der Waals surface area (Å²) < 4.78 is 0. The third-order valence-corrected chi connectivity index (χ3v) is 2.60. The predicted molar refractivity (Wildman–Crippen MR) is 68.4 cm³/mol. The molecule has 0 radical (unpaired) electrons. The Morgan fingerprint density at radius 1 is 0.765 bits per heavy atom. The van der Waals surface area contributed by atoms with Crippen molar-refractivity contribution >= 4 is 17.1 Å². The van der Waals surface area contributed by atoms with E-state index in [-0.39, 0.29) is 28.6 Å². The van der Waals surface area contributed by atoms with E-state index in [0.29, 0.717) is 5.56 Å². The van der Waals surface area contributed by atoms with Crippen LogP contribution >= 0.6 is 0 Å².